The predicted molar refractivity (Wildman–Crippen MR) is 64.8 cm³/mol. The summed E-state index contributed by atoms with van der Waals surface area (Å²) in [4.78, 5) is 11.7. The first-order chi connectivity index (χ1) is 7.34. The highest BCUT2D eigenvalue weighted by Crippen LogP contribution is 2.16. The predicted octanol–water partition coefficient (Wildman–Crippen LogP) is 0.703. The van der Waals surface area contributed by atoms with Crippen LogP contribution in [0.1, 0.15) is 25.7 Å². The lowest BCUT2D eigenvalue weighted by Crippen LogP contribution is -2.45. The Balaban J connectivity index is 0.00000128. The second-order valence-electron chi connectivity index (χ2n) is 4.54. The highest BCUT2D eigenvalue weighted by atomic mass is 35.5. The van der Waals surface area contributed by atoms with Gasteiger partial charge in [0.05, 0.1) is 0 Å². The van der Waals surface area contributed by atoms with Gasteiger partial charge in [-0.15, -0.1) is 12.4 Å². The third-order valence-electron chi connectivity index (χ3n) is 3.16. The average Bonchev–Trinajstić information content (AvgIpc) is 2.71. The molecular weight excluding hydrogens is 228 g/mol. The molecule has 5 heteroatoms. The molecule has 4 nitrogen and oxygen atoms in total. The lowest BCUT2D eigenvalue weighted by molar-refractivity contribution is -0.122. The first-order valence-corrected chi connectivity index (χ1v) is 5.92. The minimum atomic E-state index is 0. The molecule has 0 aromatic carbocycles. The fourth-order valence-corrected chi connectivity index (χ4v) is 2.27. The Hall–Kier alpha value is -0.320. The van der Waals surface area contributed by atoms with Crippen LogP contribution in [0, 0.1) is 5.92 Å². The second-order valence-corrected chi connectivity index (χ2v) is 4.54. The van der Waals surface area contributed by atoms with Crippen LogP contribution < -0.4 is 10.6 Å². The topological polar surface area (TPSA) is 50.4 Å². The Morgan fingerprint density at radius 2 is 2.31 bits per heavy atom. The maximum atomic E-state index is 11.7. The van der Waals surface area contributed by atoms with Crippen molar-refractivity contribution in [2.45, 2.75) is 31.7 Å². The molecule has 2 N–H and O–H groups in total. The third kappa shape index (κ3) is 4.28. The van der Waals surface area contributed by atoms with Crippen LogP contribution in [0.4, 0.5) is 0 Å². The van der Waals surface area contributed by atoms with E-state index in [2.05, 4.69) is 10.6 Å². The number of carbonyl (C=O) groups is 1. The van der Waals surface area contributed by atoms with Crippen LogP contribution in [0.25, 0.3) is 0 Å². The van der Waals surface area contributed by atoms with Gasteiger partial charge in [0.2, 0.25) is 5.91 Å². The van der Waals surface area contributed by atoms with Crippen LogP contribution in [-0.2, 0) is 9.53 Å². The van der Waals surface area contributed by atoms with Crippen LogP contribution in [0.5, 0.6) is 0 Å². The standard InChI is InChI=1S/C11H20N2O2.ClH/c14-11(6-9-3-5-15-8-9)13-10-2-1-4-12-7-10;/h9-10,12H,1-8H2,(H,13,14);1H/t9?,10-;/m0./s1. The number of amides is 1. The van der Waals surface area contributed by atoms with Crippen molar-refractivity contribution in [1.29, 1.82) is 0 Å². The number of carbonyl (C=O) groups excluding carboxylic acids is 1. The lowest BCUT2D eigenvalue weighted by Gasteiger charge is -2.24. The molecule has 2 atom stereocenters. The monoisotopic (exact) mass is 248 g/mol. The minimum Gasteiger partial charge on any atom is -0.381 e. The smallest absolute Gasteiger partial charge is 0.220 e. The van der Waals surface area contributed by atoms with Crippen LogP contribution in [0.15, 0.2) is 0 Å². The summed E-state index contributed by atoms with van der Waals surface area (Å²) in [6, 6.07) is 0.341. The zero-order chi connectivity index (χ0) is 10.5. The SMILES string of the molecule is Cl.O=C(CC1CCOC1)N[C@H]1CCCNC1. The molecule has 0 spiro atoms. The summed E-state index contributed by atoms with van der Waals surface area (Å²) in [5.74, 6) is 0.640. The van der Waals surface area contributed by atoms with Gasteiger partial charge in [-0.1, -0.05) is 0 Å². The quantitative estimate of drug-likeness (QED) is 0.773. The van der Waals surface area contributed by atoms with E-state index in [0.29, 0.717) is 18.4 Å². The molecule has 94 valence electrons. The number of hydrogen-bond donors (Lipinski definition) is 2. The third-order valence-corrected chi connectivity index (χ3v) is 3.16. The minimum absolute atomic E-state index is 0. The van der Waals surface area contributed by atoms with Crippen molar-refractivity contribution in [1.82, 2.24) is 10.6 Å². The summed E-state index contributed by atoms with van der Waals surface area (Å²) in [5.41, 5.74) is 0. The molecule has 2 aliphatic rings. The first-order valence-electron chi connectivity index (χ1n) is 5.92. The molecule has 1 unspecified atom stereocenters. The normalized spacial score (nSPS) is 29.5. The van der Waals surface area contributed by atoms with E-state index in [1.807, 2.05) is 0 Å². The first kappa shape index (κ1) is 13.7. The lowest BCUT2D eigenvalue weighted by atomic mass is 10.0. The van der Waals surface area contributed by atoms with Crippen molar-refractivity contribution in [2.75, 3.05) is 26.3 Å². The van der Waals surface area contributed by atoms with Crippen LogP contribution in [-0.4, -0.2) is 38.3 Å². The molecule has 2 aliphatic heterocycles. The zero-order valence-corrected chi connectivity index (χ0v) is 10.4. The summed E-state index contributed by atoms with van der Waals surface area (Å²) in [6.45, 7) is 3.59. The molecule has 0 aromatic heterocycles. The molecular formula is C11H21ClN2O2. The summed E-state index contributed by atoms with van der Waals surface area (Å²) in [7, 11) is 0. The van der Waals surface area contributed by atoms with Gasteiger partial charge in [-0.05, 0) is 31.7 Å². The molecule has 1 amide bonds. The van der Waals surface area contributed by atoms with Gasteiger partial charge in [0.15, 0.2) is 0 Å². The van der Waals surface area contributed by atoms with Crippen molar-refractivity contribution in [3.8, 4) is 0 Å². The van der Waals surface area contributed by atoms with Crippen LogP contribution in [0.3, 0.4) is 0 Å². The van der Waals surface area contributed by atoms with E-state index in [-0.39, 0.29) is 18.3 Å². The van der Waals surface area contributed by atoms with Gasteiger partial charge in [0.1, 0.15) is 0 Å². The van der Waals surface area contributed by atoms with Crippen LogP contribution >= 0.6 is 12.4 Å². The fourth-order valence-electron chi connectivity index (χ4n) is 2.27. The van der Waals surface area contributed by atoms with Gasteiger partial charge >= 0.3 is 0 Å². The molecule has 0 aromatic rings. The Labute approximate surface area is 103 Å². The highest BCUT2D eigenvalue weighted by Gasteiger charge is 2.21. The second kappa shape index (κ2) is 7.09. The molecule has 16 heavy (non-hydrogen) atoms. The van der Waals surface area contributed by atoms with Crippen molar-refractivity contribution in [2.24, 2.45) is 5.92 Å². The summed E-state index contributed by atoms with van der Waals surface area (Å²) in [5, 5.41) is 6.38. The van der Waals surface area contributed by atoms with Gasteiger partial charge in [-0.2, -0.15) is 0 Å². The van der Waals surface area contributed by atoms with E-state index in [0.717, 1.165) is 45.6 Å². The Kier molecular flexibility index (Phi) is 6.09. The van der Waals surface area contributed by atoms with E-state index in [1.54, 1.807) is 0 Å². The molecule has 2 rings (SSSR count). The van der Waals surface area contributed by atoms with E-state index >= 15 is 0 Å². The van der Waals surface area contributed by atoms with Crippen molar-refractivity contribution in [3.63, 3.8) is 0 Å². The largest absolute Gasteiger partial charge is 0.381 e. The van der Waals surface area contributed by atoms with Gasteiger partial charge in [-0.3, -0.25) is 4.79 Å². The number of hydrogen-bond acceptors (Lipinski definition) is 3. The van der Waals surface area contributed by atoms with E-state index in [9.17, 15) is 4.79 Å². The Morgan fingerprint density at radius 3 is 2.94 bits per heavy atom. The van der Waals surface area contributed by atoms with Gasteiger partial charge in [0.25, 0.3) is 0 Å². The molecule has 0 bridgehead atoms. The number of halogens is 1. The molecule has 0 saturated carbocycles. The maximum Gasteiger partial charge on any atom is 0.220 e. The van der Waals surface area contributed by atoms with E-state index < -0.39 is 0 Å². The summed E-state index contributed by atoms with van der Waals surface area (Å²) >= 11 is 0. The van der Waals surface area contributed by atoms with Crippen molar-refractivity contribution < 1.29 is 9.53 Å². The van der Waals surface area contributed by atoms with Gasteiger partial charge in [-0.25, -0.2) is 0 Å². The van der Waals surface area contributed by atoms with Crippen LogP contribution in [0.2, 0.25) is 0 Å². The Morgan fingerprint density at radius 1 is 1.44 bits per heavy atom. The number of ether oxygens (including phenoxy) is 1. The molecule has 2 fully saturated rings. The highest BCUT2D eigenvalue weighted by molar-refractivity contribution is 5.85. The molecule has 0 radical (unpaired) electrons. The fraction of sp³-hybridized carbons (Fsp3) is 0.909. The average molecular weight is 249 g/mol. The molecule has 0 aliphatic carbocycles. The van der Waals surface area contributed by atoms with E-state index in [4.69, 9.17) is 4.74 Å². The zero-order valence-electron chi connectivity index (χ0n) is 9.54. The van der Waals surface area contributed by atoms with Crippen molar-refractivity contribution >= 4 is 18.3 Å². The number of piperidine rings is 1. The number of rotatable bonds is 3. The summed E-state index contributed by atoms with van der Waals surface area (Å²) < 4.78 is 5.26. The van der Waals surface area contributed by atoms with E-state index in [1.165, 1.54) is 0 Å². The molecule has 2 heterocycles. The number of nitrogens with one attached hydrogen (secondary N) is 2. The Bertz CT molecular complexity index is 214. The maximum absolute atomic E-state index is 11.7. The summed E-state index contributed by atoms with van der Waals surface area (Å²) in [6.07, 6.45) is 3.95. The van der Waals surface area contributed by atoms with Gasteiger partial charge in [0, 0.05) is 32.2 Å². The molecule has 2 saturated heterocycles. The van der Waals surface area contributed by atoms with Gasteiger partial charge < -0.3 is 15.4 Å². The van der Waals surface area contributed by atoms with Crippen molar-refractivity contribution in [3.05, 3.63) is 0 Å².